The average Bonchev–Trinajstić information content (AvgIpc) is 2.85. The number of carbonyl (C=O) groups is 1. The summed E-state index contributed by atoms with van der Waals surface area (Å²) in [6.45, 7) is 0. The minimum atomic E-state index is -4.37. The van der Waals surface area contributed by atoms with Crippen molar-refractivity contribution in [1.29, 1.82) is 0 Å². The van der Waals surface area contributed by atoms with E-state index < -0.39 is 17.7 Å². The first-order chi connectivity index (χ1) is 9.36. The van der Waals surface area contributed by atoms with Crippen LogP contribution in [-0.4, -0.2) is 16.1 Å². The highest BCUT2D eigenvalue weighted by Crippen LogP contribution is 2.29. The number of alkyl halides is 3. The fourth-order valence-electron chi connectivity index (χ4n) is 1.41. The van der Waals surface area contributed by atoms with Gasteiger partial charge in [-0.3, -0.25) is 0 Å². The zero-order valence-electron chi connectivity index (χ0n) is 9.89. The van der Waals surface area contributed by atoms with Crippen molar-refractivity contribution in [3.05, 3.63) is 53.2 Å². The third-order valence-electron chi connectivity index (χ3n) is 2.40. The van der Waals surface area contributed by atoms with E-state index in [4.69, 9.17) is 9.52 Å². The van der Waals surface area contributed by atoms with Crippen LogP contribution >= 0.6 is 0 Å². The molecular weight excluding hydrogens is 275 g/mol. The molecule has 0 saturated carbocycles. The van der Waals surface area contributed by atoms with Crippen molar-refractivity contribution in [1.82, 2.24) is 4.98 Å². The fourth-order valence-corrected chi connectivity index (χ4v) is 1.41. The van der Waals surface area contributed by atoms with Gasteiger partial charge in [-0.25, -0.2) is 9.78 Å². The van der Waals surface area contributed by atoms with E-state index in [0.717, 1.165) is 18.4 Å². The van der Waals surface area contributed by atoms with E-state index in [-0.39, 0.29) is 11.6 Å². The first-order valence-corrected chi connectivity index (χ1v) is 5.40. The number of carboxylic acid groups (broad SMARTS) is 1. The molecule has 2 aromatic rings. The number of rotatable bonds is 3. The van der Waals surface area contributed by atoms with E-state index in [2.05, 4.69) is 4.98 Å². The highest BCUT2D eigenvalue weighted by atomic mass is 19.4. The molecule has 7 heteroatoms. The summed E-state index contributed by atoms with van der Waals surface area (Å²) in [5.41, 5.74) is -0.468. The zero-order chi connectivity index (χ0) is 14.8. The zero-order valence-corrected chi connectivity index (χ0v) is 9.89. The number of aromatic carboxylic acids is 1. The Hall–Kier alpha value is -2.57. The molecule has 0 aliphatic carbocycles. The number of benzene rings is 1. The molecule has 1 N–H and O–H groups in total. The standard InChI is InChI=1S/C13H8F3NO3/c14-13(15,16)9-4-1-8(2-5-9)3-6-11-17-10(7-20-11)12(18)19/h1-7H,(H,18,19)/b6-3+. The summed E-state index contributed by atoms with van der Waals surface area (Å²) < 4.78 is 41.9. The molecule has 0 unspecified atom stereocenters. The predicted molar refractivity (Wildman–Crippen MR) is 63.8 cm³/mol. The van der Waals surface area contributed by atoms with Crippen LogP contribution in [0.15, 0.2) is 34.9 Å². The van der Waals surface area contributed by atoms with Gasteiger partial charge in [0.1, 0.15) is 6.26 Å². The molecule has 0 aliphatic heterocycles. The summed E-state index contributed by atoms with van der Waals surface area (Å²) in [5, 5.41) is 8.64. The lowest BCUT2D eigenvalue weighted by atomic mass is 10.1. The molecule has 0 spiro atoms. The van der Waals surface area contributed by atoms with E-state index in [1.165, 1.54) is 24.3 Å². The summed E-state index contributed by atoms with van der Waals surface area (Å²) in [5.74, 6) is -1.16. The van der Waals surface area contributed by atoms with Crippen LogP contribution in [-0.2, 0) is 6.18 Å². The normalized spacial score (nSPS) is 11.9. The highest BCUT2D eigenvalue weighted by Gasteiger charge is 2.29. The van der Waals surface area contributed by atoms with Gasteiger partial charge in [-0.05, 0) is 23.8 Å². The third kappa shape index (κ3) is 3.25. The molecular formula is C13H8F3NO3. The largest absolute Gasteiger partial charge is 0.476 e. The molecule has 0 saturated heterocycles. The quantitative estimate of drug-likeness (QED) is 0.935. The van der Waals surface area contributed by atoms with Gasteiger partial charge in [-0.15, -0.1) is 0 Å². The molecule has 0 fully saturated rings. The van der Waals surface area contributed by atoms with Crippen molar-refractivity contribution >= 4 is 18.1 Å². The van der Waals surface area contributed by atoms with Crippen LogP contribution in [0.2, 0.25) is 0 Å². The van der Waals surface area contributed by atoms with Gasteiger partial charge in [0.2, 0.25) is 5.89 Å². The van der Waals surface area contributed by atoms with Crippen LogP contribution < -0.4 is 0 Å². The number of halogens is 3. The van der Waals surface area contributed by atoms with Crippen LogP contribution in [0.5, 0.6) is 0 Å². The fraction of sp³-hybridized carbons (Fsp3) is 0.0769. The number of aromatic nitrogens is 1. The van der Waals surface area contributed by atoms with Gasteiger partial charge >= 0.3 is 12.1 Å². The predicted octanol–water partition coefficient (Wildman–Crippen LogP) is 3.56. The molecule has 104 valence electrons. The van der Waals surface area contributed by atoms with Gasteiger partial charge < -0.3 is 9.52 Å². The SMILES string of the molecule is O=C(O)c1coc(/C=C/c2ccc(C(F)(F)F)cc2)n1. The summed E-state index contributed by atoms with van der Waals surface area (Å²) in [4.78, 5) is 14.2. The molecule has 1 aromatic heterocycles. The van der Waals surface area contributed by atoms with Crippen molar-refractivity contribution in [2.24, 2.45) is 0 Å². The maximum atomic E-state index is 12.4. The van der Waals surface area contributed by atoms with Gasteiger partial charge in [0.05, 0.1) is 5.56 Å². The molecule has 1 heterocycles. The number of hydrogen-bond donors (Lipinski definition) is 1. The topological polar surface area (TPSA) is 63.3 Å². The second kappa shape index (κ2) is 5.20. The van der Waals surface area contributed by atoms with Crippen molar-refractivity contribution in [3.63, 3.8) is 0 Å². The Bertz CT molecular complexity index is 642. The molecule has 0 aliphatic rings. The van der Waals surface area contributed by atoms with E-state index >= 15 is 0 Å². The Morgan fingerprint density at radius 3 is 2.35 bits per heavy atom. The van der Waals surface area contributed by atoms with Crippen LogP contribution in [0.25, 0.3) is 12.2 Å². The second-order valence-corrected chi connectivity index (χ2v) is 3.83. The van der Waals surface area contributed by atoms with Crippen molar-refractivity contribution in [3.8, 4) is 0 Å². The lowest BCUT2D eigenvalue weighted by Crippen LogP contribution is -2.03. The maximum Gasteiger partial charge on any atom is 0.416 e. The van der Waals surface area contributed by atoms with Crippen LogP contribution in [0, 0.1) is 0 Å². The number of oxazole rings is 1. The first kappa shape index (κ1) is 13.9. The van der Waals surface area contributed by atoms with E-state index in [9.17, 15) is 18.0 Å². The molecule has 20 heavy (non-hydrogen) atoms. The van der Waals surface area contributed by atoms with Gasteiger partial charge in [0.15, 0.2) is 5.69 Å². The molecule has 0 bridgehead atoms. The summed E-state index contributed by atoms with van der Waals surface area (Å²) in [6, 6.07) is 4.50. The van der Waals surface area contributed by atoms with E-state index in [1.54, 1.807) is 0 Å². The van der Waals surface area contributed by atoms with Crippen LogP contribution in [0.4, 0.5) is 13.2 Å². The number of carboxylic acids is 1. The van der Waals surface area contributed by atoms with Gasteiger partial charge in [0.25, 0.3) is 0 Å². The Morgan fingerprint density at radius 2 is 1.85 bits per heavy atom. The summed E-state index contributed by atoms with van der Waals surface area (Å²) >= 11 is 0. The van der Waals surface area contributed by atoms with E-state index in [0.29, 0.717) is 5.56 Å². The summed E-state index contributed by atoms with van der Waals surface area (Å²) in [7, 11) is 0. The van der Waals surface area contributed by atoms with Crippen LogP contribution in [0.3, 0.4) is 0 Å². The monoisotopic (exact) mass is 283 g/mol. The number of nitrogens with zero attached hydrogens (tertiary/aromatic N) is 1. The Labute approximate surface area is 111 Å². The Morgan fingerprint density at radius 1 is 1.20 bits per heavy atom. The second-order valence-electron chi connectivity index (χ2n) is 3.83. The lowest BCUT2D eigenvalue weighted by Gasteiger charge is -2.05. The molecule has 0 radical (unpaired) electrons. The number of hydrogen-bond acceptors (Lipinski definition) is 3. The van der Waals surface area contributed by atoms with Gasteiger partial charge in [-0.1, -0.05) is 12.1 Å². The molecule has 1 aromatic carbocycles. The maximum absolute atomic E-state index is 12.4. The molecule has 4 nitrogen and oxygen atoms in total. The minimum Gasteiger partial charge on any atom is -0.476 e. The van der Waals surface area contributed by atoms with E-state index in [1.807, 2.05) is 0 Å². The molecule has 0 amide bonds. The lowest BCUT2D eigenvalue weighted by molar-refractivity contribution is -0.137. The van der Waals surface area contributed by atoms with Crippen molar-refractivity contribution in [2.45, 2.75) is 6.18 Å². The van der Waals surface area contributed by atoms with Gasteiger partial charge in [0, 0.05) is 6.08 Å². The Kier molecular flexibility index (Phi) is 3.60. The first-order valence-electron chi connectivity index (χ1n) is 5.40. The Balaban J connectivity index is 2.13. The van der Waals surface area contributed by atoms with Gasteiger partial charge in [-0.2, -0.15) is 13.2 Å². The summed E-state index contributed by atoms with van der Waals surface area (Å²) in [6.07, 6.45) is -0.553. The molecule has 2 rings (SSSR count). The molecule has 0 atom stereocenters. The van der Waals surface area contributed by atoms with Crippen LogP contribution in [0.1, 0.15) is 27.5 Å². The average molecular weight is 283 g/mol. The minimum absolute atomic E-state index is 0.0577. The third-order valence-corrected chi connectivity index (χ3v) is 2.40. The highest BCUT2D eigenvalue weighted by molar-refractivity contribution is 5.85. The van der Waals surface area contributed by atoms with Crippen molar-refractivity contribution in [2.75, 3.05) is 0 Å². The smallest absolute Gasteiger partial charge is 0.416 e. The van der Waals surface area contributed by atoms with Crippen molar-refractivity contribution < 1.29 is 27.5 Å².